The predicted octanol–water partition coefficient (Wildman–Crippen LogP) is 2.67. The number of nitrogens with zero attached hydrogens (tertiary/aromatic N) is 3. The molecule has 0 spiro atoms. The molecule has 4 rings (SSSR count). The molecule has 33 heavy (non-hydrogen) atoms. The van der Waals surface area contributed by atoms with E-state index >= 15 is 0 Å². The quantitative estimate of drug-likeness (QED) is 0.619. The van der Waals surface area contributed by atoms with Crippen molar-refractivity contribution in [2.24, 2.45) is 0 Å². The van der Waals surface area contributed by atoms with E-state index in [4.69, 9.17) is 4.74 Å². The van der Waals surface area contributed by atoms with Crippen LogP contribution in [0, 0.1) is 0 Å². The highest BCUT2D eigenvalue weighted by Gasteiger charge is 2.30. The minimum Gasteiger partial charge on any atom is -0.495 e. The van der Waals surface area contributed by atoms with Crippen molar-refractivity contribution in [3.63, 3.8) is 0 Å². The van der Waals surface area contributed by atoms with Crippen molar-refractivity contribution < 1.29 is 17.9 Å². The van der Waals surface area contributed by atoms with Gasteiger partial charge in [0.1, 0.15) is 5.75 Å². The van der Waals surface area contributed by atoms with Crippen molar-refractivity contribution in [1.29, 1.82) is 0 Å². The molecular formula is C25H33N3O4S. The Labute approximate surface area is 196 Å². The normalized spacial score (nSPS) is 20.5. The molecule has 0 saturated carbocycles. The average molecular weight is 472 g/mol. The first-order chi connectivity index (χ1) is 16.0. The number of benzene rings is 2. The number of methoxy groups -OCH3 is 1. The van der Waals surface area contributed by atoms with Crippen LogP contribution in [0.5, 0.6) is 5.75 Å². The van der Waals surface area contributed by atoms with Gasteiger partial charge in [-0.25, -0.2) is 8.42 Å². The molecule has 0 bridgehead atoms. The fourth-order valence-electron chi connectivity index (χ4n) is 4.82. The summed E-state index contributed by atoms with van der Waals surface area (Å²) in [5, 5.41) is 0. The summed E-state index contributed by atoms with van der Waals surface area (Å²) in [6.07, 6.45) is 2.18. The van der Waals surface area contributed by atoms with Crippen LogP contribution in [0.3, 0.4) is 0 Å². The van der Waals surface area contributed by atoms with Crippen LogP contribution in [0.4, 0.5) is 5.69 Å². The highest BCUT2D eigenvalue weighted by atomic mass is 32.2. The minimum absolute atomic E-state index is 0.0367. The van der Waals surface area contributed by atoms with Gasteiger partial charge in [-0.2, -0.15) is 0 Å². The summed E-state index contributed by atoms with van der Waals surface area (Å²) in [5.41, 5.74) is 1.13. The van der Waals surface area contributed by atoms with Crippen LogP contribution in [-0.4, -0.2) is 82.3 Å². The maximum atomic E-state index is 12.7. The molecule has 0 aliphatic carbocycles. The van der Waals surface area contributed by atoms with Crippen molar-refractivity contribution in [2.45, 2.75) is 30.2 Å². The number of rotatable bonds is 7. The lowest BCUT2D eigenvalue weighted by Crippen LogP contribution is -2.50. The Bertz CT molecular complexity index is 1040. The molecule has 178 valence electrons. The molecule has 1 amide bonds. The molecule has 2 fully saturated rings. The molecule has 7 nitrogen and oxygen atoms in total. The van der Waals surface area contributed by atoms with Gasteiger partial charge in [0, 0.05) is 51.7 Å². The zero-order chi connectivity index (χ0) is 23.3. The summed E-state index contributed by atoms with van der Waals surface area (Å²) in [5.74, 6) is 0.922. The van der Waals surface area contributed by atoms with E-state index in [2.05, 4.69) is 15.9 Å². The van der Waals surface area contributed by atoms with Gasteiger partial charge in [-0.15, -0.1) is 0 Å². The molecule has 0 aromatic heterocycles. The Morgan fingerprint density at radius 1 is 0.909 bits per heavy atom. The highest BCUT2D eigenvalue weighted by Crippen LogP contribution is 2.29. The standard InChI is InChI=1S/C25H33N3O4S/c1-32-24-10-6-5-9-23(24)27-17-15-26(16-18-27)21-11-12-25(29)28(14-13-21)19-20-33(30,31)22-7-3-2-4-8-22/h2-10,21H,11-20H2,1H3/t21-/m1/s1. The molecule has 0 N–H and O–H groups in total. The Morgan fingerprint density at radius 3 is 2.33 bits per heavy atom. The number of carbonyl (C=O) groups excluding carboxylic acids is 1. The van der Waals surface area contributed by atoms with Crippen LogP contribution >= 0.6 is 0 Å². The minimum atomic E-state index is -3.39. The van der Waals surface area contributed by atoms with Crippen LogP contribution in [-0.2, 0) is 14.6 Å². The topological polar surface area (TPSA) is 70.2 Å². The van der Waals surface area contributed by atoms with Gasteiger partial charge >= 0.3 is 0 Å². The molecule has 2 aliphatic heterocycles. The van der Waals surface area contributed by atoms with Gasteiger partial charge in [0.05, 0.1) is 23.4 Å². The van der Waals surface area contributed by atoms with E-state index in [9.17, 15) is 13.2 Å². The SMILES string of the molecule is COc1ccccc1N1CCN([C@@H]2CCC(=O)N(CCS(=O)(=O)c3ccccc3)CC2)CC1. The maximum absolute atomic E-state index is 12.7. The zero-order valence-electron chi connectivity index (χ0n) is 19.2. The number of carbonyl (C=O) groups is 1. The molecule has 2 saturated heterocycles. The molecule has 8 heteroatoms. The molecule has 2 heterocycles. The molecule has 2 aromatic carbocycles. The molecular weight excluding hydrogens is 438 g/mol. The first kappa shape index (κ1) is 23.6. The number of anilines is 1. The fraction of sp³-hybridized carbons (Fsp3) is 0.480. The van der Waals surface area contributed by atoms with Crippen molar-refractivity contribution in [1.82, 2.24) is 9.80 Å². The summed E-state index contributed by atoms with van der Waals surface area (Å²) < 4.78 is 30.7. The Hall–Kier alpha value is -2.58. The Balaban J connectivity index is 1.30. The van der Waals surface area contributed by atoms with Gasteiger partial charge in [-0.3, -0.25) is 9.69 Å². The monoisotopic (exact) mass is 471 g/mol. The lowest BCUT2D eigenvalue weighted by atomic mass is 10.1. The van der Waals surface area contributed by atoms with Gasteiger partial charge in [-0.05, 0) is 37.1 Å². The molecule has 0 radical (unpaired) electrons. The summed E-state index contributed by atoms with van der Waals surface area (Å²) in [4.78, 5) is 19.6. The van der Waals surface area contributed by atoms with Crippen molar-refractivity contribution in [3.8, 4) is 5.75 Å². The lowest BCUT2D eigenvalue weighted by molar-refractivity contribution is -0.130. The van der Waals surface area contributed by atoms with Crippen molar-refractivity contribution in [3.05, 3.63) is 54.6 Å². The second-order valence-electron chi connectivity index (χ2n) is 8.69. The number of hydrogen-bond acceptors (Lipinski definition) is 6. The molecule has 0 unspecified atom stereocenters. The van der Waals surface area contributed by atoms with Crippen LogP contribution in [0.15, 0.2) is 59.5 Å². The number of piperazine rings is 1. The number of amides is 1. The van der Waals surface area contributed by atoms with Crippen LogP contribution < -0.4 is 9.64 Å². The van der Waals surface area contributed by atoms with Crippen LogP contribution in [0.25, 0.3) is 0 Å². The lowest BCUT2D eigenvalue weighted by Gasteiger charge is -2.40. The predicted molar refractivity (Wildman–Crippen MR) is 129 cm³/mol. The summed E-state index contributed by atoms with van der Waals surface area (Å²) >= 11 is 0. The van der Waals surface area contributed by atoms with Crippen molar-refractivity contribution >= 4 is 21.4 Å². The number of para-hydroxylation sites is 2. The van der Waals surface area contributed by atoms with E-state index in [0.29, 0.717) is 23.9 Å². The number of hydrogen-bond donors (Lipinski definition) is 0. The zero-order valence-corrected chi connectivity index (χ0v) is 20.0. The Morgan fingerprint density at radius 2 is 1.61 bits per heavy atom. The first-order valence-electron chi connectivity index (χ1n) is 11.7. The van der Waals surface area contributed by atoms with E-state index in [1.165, 1.54) is 0 Å². The number of sulfone groups is 1. The van der Waals surface area contributed by atoms with Gasteiger partial charge in [0.2, 0.25) is 5.91 Å². The highest BCUT2D eigenvalue weighted by molar-refractivity contribution is 7.91. The van der Waals surface area contributed by atoms with E-state index in [1.54, 1.807) is 42.3 Å². The summed E-state index contributed by atoms with van der Waals surface area (Å²) in [6.45, 7) is 4.59. The second kappa shape index (κ2) is 10.6. The molecule has 2 aliphatic rings. The van der Waals surface area contributed by atoms with Gasteiger partial charge < -0.3 is 14.5 Å². The van der Waals surface area contributed by atoms with E-state index in [-0.39, 0.29) is 18.2 Å². The Kier molecular flexibility index (Phi) is 7.55. The first-order valence-corrected chi connectivity index (χ1v) is 13.3. The summed E-state index contributed by atoms with van der Waals surface area (Å²) in [7, 11) is -1.68. The van der Waals surface area contributed by atoms with E-state index in [1.807, 2.05) is 18.2 Å². The van der Waals surface area contributed by atoms with Gasteiger partial charge in [-0.1, -0.05) is 30.3 Å². The third-order valence-electron chi connectivity index (χ3n) is 6.77. The molecule has 2 aromatic rings. The smallest absolute Gasteiger partial charge is 0.222 e. The number of ether oxygens (including phenoxy) is 1. The average Bonchev–Trinajstić information content (AvgIpc) is 3.04. The van der Waals surface area contributed by atoms with Crippen molar-refractivity contribution in [2.75, 3.05) is 57.0 Å². The number of likely N-dealkylation sites (tertiary alicyclic amines) is 1. The summed E-state index contributed by atoms with van der Waals surface area (Å²) in [6, 6.07) is 16.9. The van der Waals surface area contributed by atoms with Crippen LogP contribution in [0.2, 0.25) is 0 Å². The van der Waals surface area contributed by atoms with E-state index in [0.717, 1.165) is 50.5 Å². The second-order valence-corrected chi connectivity index (χ2v) is 10.8. The molecule has 1 atom stereocenters. The van der Waals surface area contributed by atoms with E-state index < -0.39 is 9.84 Å². The fourth-order valence-corrected chi connectivity index (χ4v) is 6.09. The largest absolute Gasteiger partial charge is 0.495 e. The third kappa shape index (κ3) is 5.68. The van der Waals surface area contributed by atoms with Crippen LogP contribution in [0.1, 0.15) is 19.3 Å². The maximum Gasteiger partial charge on any atom is 0.222 e. The third-order valence-corrected chi connectivity index (χ3v) is 8.48. The van der Waals surface area contributed by atoms with Gasteiger partial charge in [0.25, 0.3) is 0 Å². The van der Waals surface area contributed by atoms with Gasteiger partial charge in [0.15, 0.2) is 9.84 Å².